The fourth-order valence-electron chi connectivity index (χ4n) is 3.02. The van der Waals surface area contributed by atoms with Crippen LogP contribution in [0.4, 0.5) is 10.5 Å². The van der Waals surface area contributed by atoms with Gasteiger partial charge in [-0.15, -0.1) is 0 Å². The van der Waals surface area contributed by atoms with Gasteiger partial charge in [-0.2, -0.15) is 0 Å². The normalized spacial score (nSPS) is 13.9. The maximum absolute atomic E-state index is 12.8. The van der Waals surface area contributed by atoms with Crippen molar-refractivity contribution in [1.82, 2.24) is 4.90 Å². The number of methoxy groups -OCH3 is 1. The number of nitrogens with zero attached hydrogens (tertiary/aromatic N) is 1. The smallest absolute Gasteiger partial charge is 0.322 e. The number of carbonyl (C=O) groups excluding carboxylic acids is 1. The summed E-state index contributed by atoms with van der Waals surface area (Å²) in [5.74, 6) is 0.518. The van der Waals surface area contributed by atoms with Crippen molar-refractivity contribution in [2.24, 2.45) is 0 Å². The van der Waals surface area contributed by atoms with E-state index in [9.17, 15) is 9.90 Å². The topological polar surface area (TPSA) is 61.8 Å². The minimum Gasteiger partial charge on any atom is -0.504 e. The molecule has 0 heterocycles. The number of benzene rings is 2. The van der Waals surface area contributed by atoms with Gasteiger partial charge >= 0.3 is 6.03 Å². The minimum absolute atomic E-state index is 0.0838. The number of rotatable bonds is 5. The van der Waals surface area contributed by atoms with E-state index in [4.69, 9.17) is 4.74 Å². The third kappa shape index (κ3) is 4.73. The molecule has 3 rings (SSSR count). The van der Waals surface area contributed by atoms with Crippen molar-refractivity contribution in [3.05, 3.63) is 53.6 Å². The van der Waals surface area contributed by atoms with Crippen LogP contribution in [0.25, 0.3) is 0 Å². The van der Waals surface area contributed by atoms with Crippen LogP contribution in [0.2, 0.25) is 0 Å². The molecule has 2 aromatic carbocycles. The predicted molar refractivity (Wildman–Crippen MR) is 107 cm³/mol. The molecule has 5 heteroatoms. The van der Waals surface area contributed by atoms with Gasteiger partial charge in [0.05, 0.1) is 7.11 Å². The van der Waals surface area contributed by atoms with Gasteiger partial charge in [0, 0.05) is 18.3 Å². The Morgan fingerprint density at radius 3 is 2.41 bits per heavy atom. The Balaban J connectivity index is 1.71. The molecule has 2 amide bonds. The molecule has 0 spiro atoms. The Labute approximate surface area is 161 Å². The number of hydrogen-bond acceptors (Lipinski definition) is 3. The lowest BCUT2D eigenvalue weighted by molar-refractivity contribution is 0.206. The summed E-state index contributed by atoms with van der Waals surface area (Å²) in [5.41, 5.74) is 3.04. The van der Waals surface area contributed by atoms with E-state index in [0.717, 1.165) is 24.1 Å². The predicted octanol–water partition coefficient (Wildman–Crippen LogP) is 4.89. The summed E-state index contributed by atoms with van der Waals surface area (Å²) in [4.78, 5) is 14.7. The lowest BCUT2D eigenvalue weighted by atomic mass is 9.87. The van der Waals surface area contributed by atoms with Gasteiger partial charge < -0.3 is 20.1 Å². The number of urea groups is 1. The molecule has 0 unspecified atom stereocenters. The third-order valence-electron chi connectivity index (χ3n) is 4.85. The second-order valence-electron chi connectivity index (χ2n) is 8.12. The standard InChI is InChI=1S/C22H28N2O3/c1-22(2,3)16-6-8-17(9-7-16)23-21(26)24(18-10-11-18)14-15-5-12-19(25)20(13-15)27-4/h5-9,12-13,18,25H,10-11,14H2,1-4H3,(H,23,26). The van der Waals surface area contributed by atoms with Crippen LogP contribution >= 0.6 is 0 Å². The van der Waals surface area contributed by atoms with Gasteiger partial charge in [0.25, 0.3) is 0 Å². The highest BCUT2D eigenvalue weighted by Crippen LogP contribution is 2.32. The highest BCUT2D eigenvalue weighted by atomic mass is 16.5. The van der Waals surface area contributed by atoms with Crippen LogP contribution in [0.15, 0.2) is 42.5 Å². The lowest BCUT2D eigenvalue weighted by Crippen LogP contribution is -2.36. The molecular formula is C22H28N2O3. The summed E-state index contributed by atoms with van der Waals surface area (Å²) in [6, 6.07) is 13.4. The van der Waals surface area contributed by atoms with Gasteiger partial charge in [0.15, 0.2) is 11.5 Å². The molecule has 1 saturated carbocycles. The second kappa shape index (κ2) is 7.51. The van der Waals surface area contributed by atoms with Crippen molar-refractivity contribution in [2.75, 3.05) is 12.4 Å². The summed E-state index contributed by atoms with van der Waals surface area (Å²) in [6.07, 6.45) is 2.04. The van der Waals surface area contributed by atoms with Crippen LogP contribution in [-0.2, 0) is 12.0 Å². The number of ether oxygens (including phenoxy) is 1. The molecule has 0 aromatic heterocycles. The van der Waals surface area contributed by atoms with Gasteiger partial charge in [-0.25, -0.2) is 4.79 Å². The number of anilines is 1. The van der Waals surface area contributed by atoms with Crippen LogP contribution < -0.4 is 10.1 Å². The molecule has 144 valence electrons. The SMILES string of the molecule is COc1cc(CN(C(=O)Nc2ccc(C(C)(C)C)cc2)C2CC2)ccc1O. The van der Waals surface area contributed by atoms with Gasteiger partial charge in [0.1, 0.15) is 0 Å². The van der Waals surface area contributed by atoms with E-state index in [1.54, 1.807) is 12.1 Å². The fraction of sp³-hybridized carbons (Fsp3) is 0.409. The second-order valence-corrected chi connectivity index (χ2v) is 8.12. The number of aromatic hydroxyl groups is 1. The Bertz CT molecular complexity index is 805. The number of amides is 2. The van der Waals surface area contributed by atoms with Crippen molar-refractivity contribution in [1.29, 1.82) is 0 Å². The van der Waals surface area contributed by atoms with Gasteiger partial charge in [-0.3, -0.25) is 0 Å². The van der Waals surface area contributed by atoms with Gasteiger partial charge in [0.2, 0.25) is 0 Å². The van der Waals surface area contributed by atoms with Crippen LogP contribution in [-0.4, -0.2) is 29.2 Å². The highest BCUT2D eigenvalue weighted by molar-refractivity contribution is 5.89. The molecule has 1 fully saturated rings. The summed E-state index contributed by atoms with van der Waals surface area (Å²) in [5, 5.41) is 12.8. The maximum atomic E-state index is 12.8. The number of nitrogens with one attached hydrogen (secondary N) is 1. The molecule has 0 aliphatic heterocycles. The molecule has 1 aliphatic rings. The highest BCUT2D eigenvalue weighted by Gasteiger charge is 2.32. The Kier molecular flexibility index (Phi) is 5.31. The lowest BCUT2D eigenvalue weighted by Gasteiger charge is -2.24. The van der Waals surface area contributed by atoms with Crippen LogP contribution in [0.3, 0.4) is 0 Å². The average Bonchev–Trinajstić information content (AvgIpc) is 3.45. The summed E-state index contributed by atoms with van der Waals surface area (Å²) in [6.45, 7) is 6.98. The zero-order valence-corrected chi connectivity index (χ0v) is 16.5. The molecule has 2 N–H and O–H groups in total. The van der Waals surface area contributed by atoms with Crippen molar-refractivity contribution >= 4 is 11.7 Å². The van der Waals surface area contributed by atoms with E-state index in [0.29, 0.717) is 12.3 Å². The molecule has 27 heavy (non-hydrogen) atoms. The number of phenolic OH excluding ortho intramolecular Hbond substituents is 1. The first-order valence-corrected chi connectivity index (χ1v) is 9.32. The summed E-state index contributed by atoms with van der Waals surface area (Å²) < 4.78 is 5.17. The quantitative estimate of drug-likeness (QED) is 0.789. The van der Waals surface area contributed by atoms with Crippen molar-refractivity contribution in [3.63, 3.8) is 0 Å². The van der Waals surface area contributed by atoms with E-state index in [2.05, 4.69) is 38.2 Å². The largest absolute Gasteiger partial charge is 0.504 e. The monoisotopic (exact) mass is 368 g/mol. The molecular weight excluding hydrogens is 340 g/mol. The first-order valence-electron chi connectivity index (χ1n) is 9.32. The molecule has 2 aromatic rings. The Morgan fingerprint density at radius 2 is 1.85 bits per heavy atom. The number of carbonyl (C=O) groups is 1. The van der Waals surface area contributed by atoms with E-state index >= 15 is 0 Å². The van der Waals surface area contributed by atoms with E-state index < -0.39 is 0 Å². The van der Waals surface area contributed by atoms with Gasteiger partial charge in [-0.1, -0.05) is 39.0 Å². The molecule has 0 saturated heterocycles. The van der Waals surface area contributed by atoms with Gasteiger partial charge in [-0.05, 0) is 53.6 Å². The van der Waals surface area contributed by atoms with Crippen LogP contribution in [0.1, 0.15) is 44.7 Å². The molecule has 0 radical (unpaired) electrons. The average molecular weight is 368 g/mol. The molecule has 1 aliphatic carbocycles. The van der Waals surface area contributed by atoms with Crippen LogP contribution in [0, 0.1) is 0 Å². The Hall–Kier alpha value is -2.69. The van der Waals surface area contributed by atoms with Crippen molar-refractivity contribution in [2.45, 2.75) is 51.6 Å². The molecule has 0 atom stereocenters. The maximum Gasteiger partial charge on any atom is 0.322 e. The van der Waals surface area contributed by atoms with Crippen molar-refractivity contribution in [3.8, 4) is 11.5 Å². The number of hydrogen-bond donors (Lipinski definition) is 2. The summed E-state index contributed by atoms with van der Waals surface area (Å²) >= 11 is 0. The Morgan fingerprint density at radius 1 is 1.19 bits per heavy atom. The molecule has 0 bridgehead atoms. The first-order chi connectivity index (χ1) is 12.8. The fourth-order valence-corrected chi connectivity index (χ4v) is 3.02. The minimum atomic E-state index is -0.104. The van der Waals surface area contributed by atoms with Crippen molar-refractivity contribution < 1.29 is 14.6 Å². The molecule has 5 nitrogen and oxygen atoms in total. The first kappa shape index (κ1) is 19.1. The summed E-state index contributed by atoms with van der Waals surface area (Å²) in [7, 11) is 1.52. The zero-order chi connectivity index (χ0) is 19.6. The zero-order valence-electron chi connectivity index (χ0n) is 16.5. The van der Waals surface area contributed by atoms with Crippen LogP contribution in [0.5, 0.6) is 11.5 Å². The third-order valence-corrected chi connectivity index (χ3v) is 4.85. The number of phenols is 1. The van der Waals surface area contributed by atoms with E-state index in [-0.39, 0.29) is 23.2 Å². The van der Waals surface area contributed by atoms with E-state index in [1.165, 1.54) is 12.7 Å². The van der Waals surface area contributed by atoms with E-state index in [1.807, 2.05) is 23.1 Å².